The molecule has 0 aliphatic carbocycles. The molecule has 0 N–H and O–H groups in total. The molecule has 2 atom stereocenters. The number of carbonyl (C=O) groups excluding carboxylic acids is 2. The fourth-order valence-electron chi connectivity index (χ4n) is 4.65. The first-order valence-electron chi connectivity index (χ1n) is 12.1. The van der Waals surface area contributed by atoms with Gasteiger partial charge in [-0.2, -0.15) is 0 Å². The van der Waals surface area contributed by atoms with Crippen LogP contribution in [0.5, 0.6) is 5.75 Å². The lowest BCUT2D eigenvalue weighted by Gasteiger charge is -2.31. The lowest BCUT2D eigenvalue weighted by molar-refractivity contribution is -0.147. The van der Waals surface area contributed by atoms with Crippen LogP contribution in [0, 0.1) is 0 Å². The molecule has 186 valence electrons. The maximum atomic E-state index is 13.4. The number of hydrogen-bond donors (Lipinski definition) is 0. The highest BCUT2D eigenvalue weighted by molar-refractivity contribution is 5.86. The molecule has 1 aliphatic heterocycles. The molecule has 0 bridgehead atoms. The summed E-state index contributed by atoms with van der Waals surface area (Å²) in [6.07, 6.45) is -1.42. The molecule has 1 heterocycles. The standard InChI is InChI=1S/C31H27NO5/c1-35-30(33)28-29(25-17-19-26(20-18-25)36-21-22-11-5-2-6-12-22)37-31(34)32(28)27(23-13-7-3-8-14-23)24-15-9-4-10-16-24/h2-20,27-29H,21H2,1H3. The van der Waals surface area contributed by atoms with Crippen LogP contribution in [0.3, 0.4) is 0 Å². The van der Waals surface area contributed by atoms with E-state index in [1.807, 2.05) is 115 Å². The first kappa shape index (κ1) is 24.1. The fourth-order valence-corrected chi connectivity index (χ4v) is 4.65. The van der Waals surface area contributed by atoms with E-state index in [0.717, 1.165) is 16.7 Å². The molecule has 0 spiro atoms. The van der Waals surface area contributed by atoms with Crippen LogP contribution in [0.2, 0.25) is 0 Å². The summed E-state index contributed by atoms with van der Waals surface area (Å²) in [6, 6.07) is 34.8. The maximum absolute atomic E-state index is 13.4. The third-order valence-corrected chi connectivity index (χ3v) is 6.43. The normalized spacial score (nSPS) is 16.9. The number of benzene rings is 4. The van der Waals surface area contributed by atoms with Crippen molar-refractivity contribution >= 4 is 12.1 Å². The van der Waals surface area contributed by atoms with Crippen molar-refractivity contribution in [1.29, 1.82) is 0 Å². The van der Waals surface area contributed by atoms with E-state index in [0.29, 0.717) is 17.9 Å². The van der Waals surface area contributed by atoms with Gasteiger partial charge in [-0.15, -0.1) is 0 Å². The van der Waals surface area contributed by atoms with Gasteiger partial charge in [0.1, 0.15) is 12.4 Å². The summed E-state index contributed by atoms with van der Waals surface area (Å²) in [4.78, 5) is 28.0. The van der Waals surface area contributed by atoms with Crippen LogP contribution in [-0.2, 0) is 20.9 Å². The lowest BCUT2D eigenvalue weighted by atomic mass is 9.94. The van der Waals surface area contributed by atoms with Crippen molar-refractivity contribution in [3.63, 3.8) is 0 Å². The second-order valence-electron chi connectivity index (χ2n) is 8.75. The van der Waals surface area contributed by atoms with Crippen molar-refractivity contribution in [2.24, 2.45) is 0 Å². The van der Waals surface area contributed by atoms with Gasteiger partial charge in [0.05, 0.1) is 13.2 Å². The van der Waals surface area contributed by atoms with E-state index in [4.69, 9.17) is 14.2 Å². The van der Waals surface area contributed by atoms with Crippen LogP contribution in [-0.4, -0.2) is 30.1 Å². The molecule has 2 unspecified atom stereocenters. The SMILES string of the molecule is COC(=O)C1C(c2ccc(OCc3ccccc3)cc2)OC(=O)N1C(c1ccccc1)c1ccccc1. The highest BCUT2D eigenvalue weighted by atomic mass is 16.6. The molecular formula is C31H27NO5. The minimum absolute atomic E-state index is 0.437. The van der Waals surface area contributed by atoms with Crippen LogP contribution in [0.1, 0.15) is 34.4 Å². The van der Waals surface area contributed by atoms with Gasteiger partial charge < -0.3 is 14.2 Å². The highest BCUT2D eigenvalue weighted by Crippen LogP contribution is 2.41. The smallest absolute Gasteiger partial charge is 0.412 e. The third kappa shape index (κ3) is 5.19. The van der Waals surface area contributed by atoms with Gasteiger partial charge in [0.15, 0.2) is 12.1 Å². The van der Waals surface area contributed by atoms with E-state index in [2.05, 4.69) is 0 Å². The Morgan fingerprint density at radius 3 is 1.89 bits per heavy atom. The average Bonchev–Trinajstić information content (AvgIpc) is 3.30. The molecule has 1 aliphatic rings. The minimum atomic E-state index is -0.973. The van der Waals surface area contributed by atoms with Gasteiger partial charge in [-0.05, 0) is 34.4 Å². The summed E-state index contributed by atoms with van der Waals surface area (Å²) < 4.78 is 16.9. The zero-order valence-electron chi connectivity index (χ0n) is 20.4. The van der Waals surface area contributed by atoms with Crippen molar-refractivity contribution < 1.29 is 23.8 Å². The van der Waals surface area contributed by atoms with Gasteiger partial charge in [0.25, 0.3) is 0 Å². The Morgan fingerprint density at radius 2 is 1.35 bits per heavy atom. The monoisotopic (exact) mass is 493 g/mol. The topological polar surface area (TPSA) is 65.1 Å². The van der Waals surface area contributed by atoms with E-state index in [1.165, 1.54) is 12.0 Å². The molecule has 4 aromatic rings. The molecule has 6 heteroatoms. The Labute approximate surface area is 216 Å². The summed E-state index contributed by atoms with van der Waals surface area (Å²) in [5.41, 5.74) is 3.47. The van der Waals surface area contributed by atoms with Crippen LogP contribution < -0.4 is 4.74 Å². The predicted molar refractivity (Wildman–Crippen MR) is 139 cm³/mol. The first-order chi connectivity index (χ1) is 18.2. The zero-order chi connectivity index (χ0) is 25.6. The number of cyclic esters (lactones) is 1. The molecule has 37 heavy (non-hydrogen) atoms. The summed E-state index contributed by atoms with van der Waals surface area (Å²) in [5.74, 6) is 0.131. The molecule has 0 radical (unpaired) electrons. The summed E-state index contributed by atoms with van der Waals surface area (Å²) in [5, 5.41) is 0. The number of hydrogen-bond acceptors (Lipinski definition) is 5. The Kier molecular flexibility index (Phi) is 7.17. The van der Waals surface area contributed by atoms with Crippen molar-refractivity contribution in [2.75, 3.05) is 7.11 Å². The summed E-state index contributed by atoms with van der Waals surface area (Å²) >= 11 is 0. The molecule has 5 rings (SSSR count). The molecule has 1 fully saturated rings. The first-order valence-corrected chi connectivity index (χ1v) is 12.1. The van der Waals surface area contributed by atoms with Crippen LogP contribution in [0.4, 0.5) is 4.79 Å². The molecule has 1 saturated heterocycles. The maximum Gasteiger partial charge on any atom is 0.412 e. The van der Waals surface area contributed by atoms with Crippen molar-refractivity contribution in [3.05, 3.63) is 138 Å². The number of ether oxygens (including phenoxy) is 3. The Bertz CT molecular complexity index is 1290. The quantitative estimate of drug-likeness (QED) is 0.278. The summed E-state index contributed by atoms with van der Waals surface area (Å²) in [7, 11) is 1.32. The molecule has 4 aromatic carbocycles. The molecular weight excluding hydrogens is 466 g/mol. The molecule has 1 amide bonds. The number of nitrogens with zero attached hydrogens (tertiary/aromatic N) is 1. The van der Waals surface area contributed by atoms with E-state index < -0.39 is 30.3 Å². The van der Waals surface area contributed by atoms with Gasteiger partial charge in [-0.1, -0.05) is 103 Å². The fraction of sp³-hybridized carbons (Fsp3) is 0.161. The van der Waals surface area contributed by atoms with Crippen molar-refractivity contribution in [2.45, 2.75) is 24.8 Å². The Morgan fingerprint density at radius 1 is 0.811 bits per heavy atom. The number of rotatable bonds is 8. The Hall–Kier alpha value is -4.58. The number of methoxy groups -OCH3 is 1. The second kappa shape index (κ2) is 11.0. The molecule has 0 saturated carbocycles. The summed E-state index contributed by atoms with van der Waals surface area (Å²) in [6.45, 7) is 0.437. The van der Waals surface area contributed by atoms with Crippen molar-refractivity contribution in [3.8, 4) is 5.75 Å². The van der Waals surface area contributed by atoms with Gasteiger partial charge >= 0.3 is 12.1 Å². The molecule has 0 aromatic heterocycles. The van der Waals surface area contributed by atoms with E-state index >= 15 is 0 Å². The number of esters is 1. The van der Waals surface area contributed by atoms with Gasteiger partial charge in [0, 0.05) is 0 Å². The van der Waals surface area contributed by atoms with Crippen LogP contribution >= 0.6 is 0 Å². The van der Waals surface area contributed by atoms with Gasteiger partial charge in [0.2, 0.25) is 0 Å². The second-order valence-corrected chi connectivity index (χ2v) is 8.75. The van der Waals surface area contributed by atoms with Crippen LogP contribution in [0.25, 0.3) is 0 Å². The minimum Gasteiger partial charge on any atom is -0.489 e. The lowest BCUT2D eigenvalue weighted by Crippen LogP contribution is -2.43. The van der Waals surface area contributed by atoms with Crippen molar-refractivity contribution in [1.82, 2.24) is 4.90 Å². The molecule has 6 nitrogen and oxygen atoms in total. The van der Waals surface area contributed by atoms with Crippen LogP contribution in [0.15, 0.2) is 115 Å². The third-order valence-electron chi connectivity index (χ3n) is 6.43. The predicted octanol–water partition coefficient (Wildman–Crippen LogP) is 6.09. The van der Waals surface area contributed by atoms with Gasteiger partial charge in [-0.25, -0.2) is 9.59 Å². The largest absolute Gasteiger partial charge is 0.489 e. The zero-order valence-corrected chi connectivity index (χ0v) is 20.4. The highest BCUT2D eigenvalue weighted by Gasteiger charge is 2.51. The van der Waals surface area contributed by atoms with E-state index in [1.54, 1.807) is 0 Å². The average molecular weight is 494 g/mol. The number of amides is 1. The van der Waals surface area contributed by atoms with Gasteiger partial charge in [-0.3, -0.25) is 4.90 Å². The Balaban J connectivity index is 1.45. The number of carbonyl (C=O) groups is 2. The van der Waals surface area contributed by atoms with E-state index in [9.17, 15) is 9.59 Å². The van der Waals surface area contributed by atoms with E-state index in [-0.39, 0.29) is 0 Å².